The minimum absolute atomic E-state index is 0.491. The third-order valence-electron chi connectivity index (χ3n) is 2.63. The number of carbonyl (C=O) groups is 2. The fraction of sp³-hybridized carbons (Fsp3) is 0.333. The van der Waals surface area contributed by atoms with Gasteiger partial charge in [0, 0.05) is 0 Å². The van der Waals surface area contributed by atoms with Crippen LogP contribution in [0, 0.1) is 0 Å². The van der Waals surface area contributed by atoms with Gasteiger partial charge in [-0.3, -0.25) is 9.59 Å². The largest absolute Gasteiger partial charge is 0.397 e. The van der Waals surface area contributed by atoms with Crippen molar-refractivity contribution in [1.29, 1.82) is 0 Å². The number of hydrogen-bond acceptors (Lipinski definition) is 6. The zero-order valence-corrected chi connectivity index (χ0v) is 9.41. The Bertz CT molecular complexity index is 439. The number of aliphatic hydroxyl groups excluding tert-OH is 1. The number of rotatable bonds is 3. The highest BCUT2D eigenvalue weighted by molar-refractivity contribution is 5.93. The Morgan fingerprint density at radius 3 is 2.22 bits per heavy atom. The Balaban J connectivity index is 2.31. The normalized spacial score (nSPS) is 19.9. The van der Waals surface area contributed by atoms with Crippen LogP contribution in [0.15, 0.2) is 30.3 Å². The molecule has 0 aliphatic carbocycles. The summed E-state index contributed by atoms with van der Waals surface area (Å²) in [5.74, 6) is -5.28. The fourth-order valence-corrected chi connectivity index (χ4v) is 1.80. The summed E-state index contributed by atoms with van der Waals surface area (Å²) in [7, 11) is 0. The number of esters is 2. The van der Waals surface area contributed by atoms with Gasteiger partial charge in [0.15, 0.2) is 0 Å². The van der Waals surface area contributed by atoms with Crippen LogP contribution in [0.1, 0.15) is 17.9 Å². The lowest BCUT2D eigenvalue weighted by molar-refractivity contribution is -0.348. The van der Waals surface area contributed by atoms with Crippen LogP contribution in [0.4, 0.5) is 0 Å². The third-order valence-corrected chi connectivity index (χ3v) is 2.63. The Labute approximate surface area is 103 Å². The van der Waals surface area contributed by atoms with Crippen molar-refractivity contribution < 1.29 is 29.3 Å². The lowest BCUT2D eigenvalue weighted by Crippen LogP contribution is -2.50. The van der Waals surface area contributed by atoms with Crippen molar-refractivity contribution in [3.05, 3.63) is 35.9 Å². The fourth-order valence-electron chi connectivity index (χ4n) is 1.80. The summed E-state index contributed by atoms with van der Waals surface area (Å²) in [6.07, 6.45) is -0.546. The van der Waals surface area contributed by atoms with Gasteiger partial charge in [-0.1, -0.05) is 30.3 Å². The van der Waals surface area contributed by atoms with E-state index in [-0.39, 0.29) is 0 Å². The lowest BCUT2D eigenvalue weighted by atomic mass is 9.97. The molecular weight excluding hydrogens is 240 g/mol. The molecule has 1 saturated heterocycles. The lowest BCUT2D eigenvalue weighted by Gasteiger charge is -2.35. The monoisotopic (exact) mass is 252 g/mol. The highest BCUT2D eigenvalue weighted by Crippen LogP contribution is 2.33. The Hall–Kier alpha value is -1.92. The average molecular weight is 252 g/mol. The van der Waals surface area contributed by atoms with Crippen molar-refractivity contribution in [1.82, 2.24) is 0 Å². The number of hydrogen-bond donors (Lipinski definition) is 2. The Morgan fingerprint density at radius 2 is 1.72 bits per heavy atom. The minimum Gasteiger partial charge on any atom is -0.397 e. The molecule has 0 amide bonds. The van der Waals surface area contributed by atoms with Crippen molar-refractivity contribution in [2.45, 2.75) is 18.3 Å². The maximum Gasteiger partial charge on any atom is 0.382 e. The third kappa shape index (κ3) is 2.34. The van der Waals surface area contributed by atoms with Gasteiger partial charge < -0.3 is 19.7 Å². The van der Waals surface area contributed by atoms with E-state index in [1.165, 1.54) is 0 Å². The molecule has 1 unspecified atom stereocenters. The summed E-state index contributed by atoms with van der Waals surface area (Å²) < 4.78 is 9.33. The Kier molecular flexibility index (Phi) is 3.31. The van der Waals surface area contributed by atoms with Gasteiger partial charge in [0.2, 0.25) is 0 Å². The van der Waals surface area contributed by atoms with E-state index in [4.69, 9.17) is 0 Å². The molecule has 1 aliphatic rings. The van der Waals surface area contributed by atoms with Crippen LogP contribution in [0.25, 0.3) is 0 Å². The van der Waals surface area contributed by atoms with Crippen molar-refractivity contribution in [3.63, 3.8) is 0 Å². The number of ether oxygens (including phenoxy) is 2. The van der Waals surface area contributed by atoms with Gasteiger partial charge in [0.05, 0.1) is 6.61 Å². The van der Waals surface area contributed by atoms with Gasteiger partial charge in [-0.2, -0.15) is 0 Å². The summed E-state index contributed by atoms with van der Waals surface area (Å²) >= 11 is 0. The second-order valence-corrected chi connectivity index (χ2v) is 3.90. The molecule has 1 aromatic rings. The highest BCUT2D eigenvalue weighted by Gasteiger charge is 2.49. The summed E-state index contributed by atoms with van der Waals surface area (Å²) in [4.78, 5) is 22.4. The van der Waals surface area contributed by atoms with Crippen LogP contribution in [-0.4, -0.2) is 34.7 Å². The molecule has 6 nitrogen and oxygen atoms in total. The topological polar surface area (TPSA) is 93.1 Å². The second kappa shape index (κ2) is 4.75. The molecule has 0 radical (unpaired) electrons. The molecule has 2 rings (SSSR count). The number of carbonyl (C=O) groups excluding carboxylic acids is 2. The van der Waals surface area contributed by atoms with Crippen LogP contribution in [0.3, 0.4) is 0 Å². The van der Waals surface area contributed by atoms with Crippen LogP contribution in [0.5, 0.6) is 0 Å². The number of cyclic esters (lactones) is 2. The van der Waals surface area contributed by atoms with Crippen LogP contribution < -0.4 is 0 Å². The van der Waals surface area contributed by atoms with E-state index >= 15 is 0 Å². The van der Waals surface area contributed by atoms with E-state index in [1.54, 1.807) is 30.3 Å². The predicted octanol–water partition coefficient (Wildman–Crippen LogP) is -0.101. The minimum atomic E-state index is -2.46. The second-order valence-electron chi connectivity index (χ2n) is 3.90. The molecule has 1 aliphatic heterocycles. The van der Waals surface area contributed by atoms with E-state index in [0.717, 1.165) is 0 Å². The molecule has 96 valence electrons. The molecule has 18 heavy (non-hydrogen) atoms. The van der Waals surface area contributed by atoms with Crippen molar-refractivity contribution in [2.75, 3.05) is 6.61 Å². The van der Waals surface area contributed by atoms with Crippen LogP contribution >= 0.6 is 0 Å². The standard InChI is InChI=1S/C12H12O6/c13-7-9(8-4-2-1-3-5-8)12(16)17-10(14)6-11(15)18-12/h1-5,9,13,16H,6-7H2. The van der Waals surface area contributed by atoms with Gasteiger partial charge >= 0.3 is 17.9 Å². The number of aliphatic hydroxyl groups is 2. The molecule has 0 aromatic heterocycles. The molecule has 1 atom stereocenters. The molecule has 2 N–H and O–H groups in total. The highest BCUT2D eigenvalue weighted by atomic mass is 16.8. The summed E-state index contributed by atoms with van der Waals surface area (Å²) in [5.41, 5.74) is 0.491. The molecule has 1 fully saturated rings. The smallest absolute Gasteiger partial charge is 0.382 e. The van der Waals surface area contributed by atoms with Gasteiger partial charge in [0.25, 0.3) is 0 Å². The molecule has 6 heteroatoms. The van der Waals surface area contributed by atoms with Crippen LogP contribution in [-0.2, 0) is 19.1 Å². The quantitative estimate of drug-likeness (QED) is 0.576. The van der Waals surface area contributed by atoms with Crippen molar-refractivity contribution in [2.24, 2.45) is 0 Å². The van der Waals surface area contributed by atoms with Gasteiger partial charge in [0.1, 0.15) is 12.3 Å². The first-order chi connectivity index (χ1) is 8.55. The SMILES string of the molecule is O=C1CC(=O)OC(O)(C(CO)c2ccccc2)O1. The summed E-state index contributed by atoms with van der Waals surface area (Å²) in [6.45, 7) is -0.541. The van der Waals surface area contributed by atoms with E-state index in [2.05, 4.69) is 9.47 Å². The zero-order chi connectivity index (χ0) is 13.2. The first-order valence-corrected chi connectivity index (χ1v) is 5.37. The number of benzene rings is 1. The average Bonchev–Trinajstić information content (AvgIpc) is 2.28. The van der Waals surface area contributed by atoms with Gasteiger partial charge in [-0.15, -0.1) is 0 Å². The van der Waals surface area contributed by atoms with Crippen molar-refractivity contribution >= 4 is 11.9 Å². The first-order valence-electron chi connectivity index (χ1n) is 5.37. The molecule has 0 spiro atoms. The first kappa shape index (κ1) is 12.5. The van der Waals surface area contributed by atoms with Crippen molar-refractivity contribution in [3.8, 4) is 0 Å². The van der Waals surface area contributed by atoms with Crippen LogP contribution in [0.2, 0.25) is 0 Å². The van der Waals surface area contributed by atoms with E-state index < -0.39 is 36.9 Å². The summed E-state index contributed by atoms with van der Waals surface area (Å²) in [6, 6.07) is 8.37. The molecular formula is C12H12O6. The van der Waals surface area contributed by atoms with Gasteiger partial charge in [-0.25, -0.2) is 0 Å². The van der Waals surface area contributed by atoms with E-state index in [1.807, 2.05) is 0 Å². The van der Waals surface area contributed by atoms with Gasteiger partial charge in [-0.05, 0) is 5.56 Å². The van der Waals surface area contributed by atoms with E-state index in [9.17, 15) is 19.8 Å². The maximum atomic E-state index is 11.2. The molecule has 1 heterocycles. The predicted molar refractivity (Wildman–Crippen MR) is 58.0 cm³/mol. The molecule has 0 bridgehead atoms. The maximum absolute atomic E-state index is 11.2. The summed E-state index contributed by atoms with van der Waals surface area (Å²) in [5, 5.41) is 19.4. The molecule has 0 saturated carbocycles. The Morgan fingerprint density at radius 1 is 1.17 bits per heavy atom. The molecule has 1 aromatic carbocycles. The van der Waals surface area contributed by atoms with E-state index in [0.29, 0.717) is 5.56 Å². The zero-order valence-electron chi connectivity index (χ0n) is 9.41.